The van der Waals surface area contributed by atoms with Crippen LogP contribution in [0.25, 0.3) is 0 Å². The van der Waals surface area contributed by atoms with Crippen LogP contribution in [0.1, 0.15) is 64.6 Å². The molecule has 0 aromatic carbocycles. The van der Waals surface area contributed by atoms with Gasteiger partial charge in [-0.15, -0.1) is 0 Å². The molecule has 1 aromatic heterocycles. The highest BCUT2D eigenvalue weighted by atomic mass is 16.6. The first-order valence-corrected chi connectivity index (χ1v) is 9.93. The third kappa shape index (κ3) is 5.71. The summed E-state index contributed by atoms with van der Waals surface area (Å²) in [7, 11) is 0. The molecule has 0 saturated heterocycles. The summed E-state index contributed by atoms with van der Waals surface area (Å²) < 4.78 is 7.34. The van der Waals surface area contributed by atoms with E-state index in [9.17, 15) is 14.7 Å². The van der Waals surface area contributed by atoms with Crippen LogP contribution in [0.4, 0.5) is 4.79 Å². The van der Waals surface area contributed by atoms with Crippen LogP contribution in [-0.4, -0.2) is 38.9 Å². The fourth-order valence-corrected chi connectivity index (χ4v) is 4.03. The van der Waals surface area contributed by atoms with Crippen LogP contribution < -0.4 is 5.32 Å². The molecule has 0 spiro atoms. The van der Waals surface area contributed by atoms with E-state index < -0.39 is 23.6 Å². The summed E-state index contributed by atoms with van der Waals surface area (Å²) in [5.74, 6) is 0.505. The summed E-state index contributed by atoms with van der Waals surface area (Å²) >= 11 is 0. The van der Waals surface area contributed by atoms with E-state index in [4.69, 9.17) is 4.74 Å². The number of imidazole rings is 1. The Kier molecular flexibility index (Phi) is 5.77. The number of aliphatic carboxylic acids is 1. The average molecular weight is 377 g/mol. The molecule has 3 rings (SSSR count). The average Bonchev–Trinajstić information content (AvgIpc) is 2.96. The number of carboxylic acids is 1. The number of carbonyl (C=O) groups is 2. The second kappa shape index (κ2) is 7.90. The van der Waals surface area contributed by atoms with E-state index in [0.717, 1.165) is 17.5 Å². The van der Waals surface area contributed by atoms with Gasteiger partial charge in [0.15, 0.2) is 0 Å². The molecule has 2 fully saturated rings. The molecule has 2 aliphatic rings. The zero-order valence-corrected chi connectivity index (χ0v) is 16.5. The minimum Gasteiger partial charge on any atom is -0.481 e. The summed E-state index contributed by atoms with van der Waals surface area (Å²) in [6.07, 6.45) is 8.76. The highest BCUT2D eigenvalue weighted by Crippen LogP contribution is 2.55. The molecule has 2 saturated carbocycles. The van der Waals surface area contributed by atoms with Crippen LogP contribution in [0.15, 0.2) is 12.5 Å². The van der Waals surface area contributed by atoms with Crippen molar-refractivity contribution >= 4 is 12.1 Å². The van der Waals surface area contributed by atoms with Crippen LogP contribution in [0.3, 0.4) is 0 Å². The normalized spacial score (nSPS) is 24.9. The summed E-state index contributed by atoms with van der Waals surface area (Å²) in [6.45, 7) is 5.82. The zero-order chi connectivity index (χ0) is 19.6. The number of amides is 1. The van der Waals surface area contributed by atoms with Crippen LogP contribution in [0, 0.1) is 17.8 Å². The molecule has 27 heavy (non-hydrogen) atoms. The summed E-state index contributed by atoms with van der Waals surface area (Å²) in [6, 6.07) is 0.538. The number of carbonyl (C=O) groups excluding carboxylic acids is 1. The molecular weight excluding hydrogens is 346 g/mol. The lowest BCUT2D eigenvalue weighted by Crippen LogP contribution is -2.33. The molecule has 7 nitrogen and oxygen atoms in total. The van der Waals surface area contributed by atoms with Gasteiger partial charge in [-0.1, -0.05) is 0 Å². The van der Waals surface area contributed by atoms with Gasteiger partial charge < -0.3 is 19.7 Å². The Morgan fingerprint density at radius 1 is 1.33 bits per heavy atom. The van der Waals surface area contributed by atoms with Gasteiger partial charge in [-0.05, 0) is 64.7 Å². The lowest BCUT2D eigenvalue weighted by Gasteiger charge is -2.19. The fourth-order valence-electron chi connectivity index (χ4n) is 4.03. The first-order valence-electron chi connectivity index (χ1n) is 9.93. The molecule has 4 atom stereocenters. The van der Waals surface area contributed by atoms with E-state index >= 15 is 0 Å². The molecule has 150 valence electrons. The number of alkyl carbamates (subject to hydrolysis) is 1. The molecule has 2 unspecified atom stereocenters. The molecule has 7 heteroatoms. The Balaban J connectivity index is 1.42. The number of hydrogen-bond acceptors (Lipinski definition) is 4. The van der Waals surface area contributed by atoms with Crippen molar-refractivity contribution in [2.24, 2.45) is 17.8 Å². The van der Waals surface area contributed by atoms with E-state index in [-0.39, 0.29) is 0 Å². The first kappa shape index (κ1) is 19.7. The molecule has 1 amide bonds. The number of rotatable bonds is 8. The predicted molar refractivity (Wildman–Crippen MR) is 100 cm³/mol. The van der Waals surface area contributed by atoms with Crippen molar-refractivity contribution in [2.45, 2.75) is 70.9 Å². The first-order chi connectivity index (χ1) is 12.7. The van der Waals surface area contributed by atoms with Crippen molar-refractivity contribution in [1.29, 1.82) is 0 Å². The van der Waals surface area contributed by atoms with Gasteiger partial charge >= 0.3 is 12.1 Å². The fraction of sp³-hybridized carbons (Fsp3) is 0.750. The molecule has 2 aliphatic carbocycles. The summed E-state index contributed by atoms with van der Waals surface area (Å²) in [5.41, 5.74) is 0.301. The zero-order valence-electron chi connectivity index (χ0n) is 16.5. The van der Waals surface area contributed by atoms with Gasteiger partial charge in [0, 0.05) is 25.2 Å². The van der Waals surface area contributed by atoms with Crippen LogP contribution in [0.5, 0.6) is 0 Å². The number of nitrogens with one attached hydrogen (secondary N) is 1. The van der Waals surface area contributed by atoms with Gasteiger partial charge in [-0.3, -0.25) is 4.79 Å². The Labute approximate surface area is 160 Å². The van der Waals surface area contributed by atoms with Gasteiger partial charge in [0.1, 0.15) is 5.60 Å². The van der Waals surface area contributed by atoms with Crippen molar-refractivity contribution in [1.82, 2.24) is 14.9 Å². The summed E-state index contributed by atoms with van der Waals surface area (Å²) in [5, 5.41) is 12.2. The highest BCUT2D eigenvalue weighted by Gasteiger charge is 2.46. The molecule has 1 heterocycles. The molecule has 0 radical (unpaired) electrons. The Morgan fingerprint density at radius 2 is 2.04 bits per heavy atom. The second-order valence-electron chi connectivity index (χ2n) is 9.00. The van der Waals surface area contributed by atoms with Gasteiger partial charge in [0.05, 0.1) is 17.9 Å². The van der Waals surface area contributed by atoms with Crippen molar-refractivity contribution in [3.8, 4) is 0 Å². The van der Waals surface area contributed by atoms with Crippen LogP contribution in [0.2, 0.25) is 0 Å². The van der Waals surface area contributed by atoms with Crippen molar-refractivity contribution in [3.63, 3.8) is 0 Å². The highest BCUT2D eigenvalue weighted by molar-refractivity contribution is 5.70. The monoisotopic (exact) mass is 377 g/mol. The van der Waals surface area contributed by atoms with Gasteiger partial charge in [-0.25, -0.2) is 9.78 Å². The Hall–Kier alpha value is -2.05. The van der Waals surface area contributed by atoms with E-state index in [1.165, 1.54) is 19.3 Å². The van der Waals surface area contributed by atoms with E-state index in [0.29, 0.717) is 31.8 Å². The SMILES string of the molecule is CC(C)(C)OC(=O)NCCCC(Cc1cn(C2C[C@@H]3C[C@@H]3C2)cn1)C(=O)O. The quantitative estimate of drug-likeness (QED) is 0.677. The molecular formula is C20H31N3O4. The topological polar surface area (TPSA) is 93.5 Å². The lowest BCUT2D eigenvalue weighted by molar-refractivity contribution is -0.142. The van der Waals surface area contributed by atoms with Gasteiger partial charge in [-0.2, -0.15) is 0 Å². The maximum absolute atomic E-state index is 11.6. The Bertz CT molecular complexity index is 669. The minimum atomic E-state index is -0.816. The van der Waals surface area contributed by atoms with Crippen molar-refractivity contribution in [3.05, 3.63) is 18.2 Å². The molecule has 0 aliphatic heterocycles. The van der Waals surface area contributed by atoms with Crippen molar-refractivity contribution < 1.29 is 19.4 Å². The van der Waals surface area contributed by atoms with Crippen LogP contribution in [-0.2, 0) is 16.0 Å². The number of ether oxygens (including phenoxy) is 1. The molecule has 1 aromatic rings. The summed E-state index contributed by atoms with van der Waals surface area (Å²) in [4.78, 5) is 27.6. The number of carboxylic acid groups (broad SMARTS) is 1. The van der Waals surface area contributed by atoms with E-state index in [1.807, 2.05) is 12.5 Å². The Morgan fingerprint density at radius 3 is 2.67 bits per heavy atom. The largest absolute Gasteiger partial charge is 0.481 e. The minimum absolute atomic E-state index is 0.401. The maximum Gasteiger partial charge on any atom is 0.407 e. The number of hydrogen-bond donors (Lipinski definition) is 2. The predicted octanol–water partition coefficient (Wildman–Crippen LogP) is 3.40. The maximum atomic E-state index is 11.6. The van der Waals surface area contributed by atoms with Crippen molar-refractivity contribution in [2.75, 3.05) is 6.54 Å². The second-order valence-corrected chi connectivity index (χ2v) is 9.00. The third-order valence-corrected chi connectivity index (χ3v) is 5.50. The van der Waals surface area contributed by atoms with E-state index in [1.54, 1.807) is 20.8 Å². The smallest absolute Gasteiger partial charge is 0.407 e. The van der Waals surface area contributed by atoms with Gasteiger partial charge in [0.2, 0.25) is 0 Å². The van der Waals surface area contributed by atoms with Crippen LogP contribution >= 0.6 is 0 Å². The number of nitrogens with zero attached hydrogens (tertiary/aromatic N) is 2. The standard InChI is InChI=1S/C20H31N3O4/c1-20(2,3)27-19(26)21-6-4-5-13(18(24)25)8-16-11-23(12-22-16)17-9-14-7-15(14)10-17/h11-15,17H,4-10H2,1-3H3,(H,21,26)(H,24,25)/t13?,14-,15+,17?. The molecule has 2 N–H and O–H groups in total. The van der Waals surface area contributed by atoms with Gasteiger partial charge in [0.25, 0.3) is 0 Å². The van der Waals surface area contributed by atoms with E-state index in [2.05, 4.69) is 14.9 Å². The lowest BCUT2D eigenvalue weighted by atomic mass is 9.98. The number of aromatic nitrogens is 2. The molecule has 0 bridgehead atoms. The number of fused-ring (bicyclic) bond motifs is 1. The third-order valence-electron chi connectivity index (χ3n) is 5.50.